The molecule has 0 unspecified atom stereocenters. The number of piperidine rings is 1. The molecule has 0 bridgehead atoms. The van der Waals surface area contributed by atoms with Crippen molar-refractivity contribution in [3.8, 4) is 0 Å². The summed E-state index contributed by atoms with van der Waals surface area (Å²) in [7, 11) is -4.10. The molecule has 0 saturated carbocycles. The second kappa shape index (κ2) is 6.93. The summed E-state index contributed by atoms with van der Waals surface area (Å²) < 4.78 is 37.3. The lowest BCUT2D eigenvalue weighted by molar-refractivity contribution is 0.164. The molecule has 1 aliphatic rings. The monoisotopic (exact) mass is 329 g/mol. The van der Waals surface area contributed by atoms with Gasteiger partial charge < -0.3 is 5.32 Å². The number of halogens is 1. The van der Waals surface area contributed by atoms with Gasteiger partial charge in [-0.1, -0.05) is 13.3 Å². The van der Waals surface area contributed by atoms with Crippen LogP contribution < -0.4 is 10.5 Å². The van der Waals surface area contributed by atoms with Crippen molar-refractivity contribution in [2.24, 2.45) is 5.14 Å². The van der Waals surface area contributed by atoms with E-state index in [0.29, 0.717) is 18.2 Å². The zero-order valence-corrected chi connectivity index (χ0v) is 13.9. The highest BCUT2D eigenvalue weighted by Crippen LogP contribution is 2.26. The number of hydrogen-bond acceptors (Lipinski definition) is 4. The van der Waals surface area contributed by atoms with Gasteiger partial charge in [0.2, 0.25) is 10.0 Å². The number of nitrogens with one attached hydrogen (secondary N) is 1. The summed E-state index contributed by atoms with van der Waals surface area (Å²) in [5.41, 5.74) is 0.907. The molecule has 0 amide bonds. The van der Waals surface area contributed by atoms with E-state index >= 15 is 0 Å². The minimum atomic E-state index is -4.10. The average molecular weight is 329 g/mol. The Morgan fingerprint density at radius 3 is 2.77 bits per heavy atom. The molecule has 7 heteroatoms. The van der Waals surface area contributed by atoms with Crippen LogP contribution in [0.1, 0.15) is 31.7 Å². The van der Waals surface area contributed by atoms with Gasteiger partial charge in [-0.2, -0.15) is 0 Å². The first-order valence-corrected chi connectivity index (χ1v) is 9.18. The van der Waals surface area contributed by atoms with Gasteiger partial charge in [0, 0.05) is 12.6 Å². The summed E-state index contributed by atoms with van der Waals surface area (Å²) in [6.45, 7) is 6.42. The van der Waals surface area contributed by atoms with Crippen LogP contribution in [-0.4, -0.2) is 39.0 Å². The second-order valence-corrected chi connectivity index (χ2v) is 7.33. The van der Waals surface area contributed by atoms with Gasteiger partial charge in [-0.05, 0) is 50.6 Å². The van der Waals surface area contributed by atoms with E-state index in [1.807, 2.05) is 0 Å². The summed E-state index contributed by atoms with van der Waals surface area (Å²) in [5, 5.41) is 8.25. The Kier molecular flexibility index (Phi) is 5.41. The molecular formula is C15H24FN3O2S. The molecule has 1 saturated heterocycles. The van der Waals surface area contributed by atoms with E-state index in [1.165, 1.54) is 12.5 Å². The van der Waals surface area contributed by atoms with Crippen molar-refractivity contribution in [2.45, 2.75) is 44.0 Å². The topological polar surface area (TPSA) is 75.4 Å². The van der Waals surface area contributed by atoms with Gasteiger partial charge in [-0.25, -0.2) is 17.9 Å². The summed E-state index contributed by atoms with van der Waals surface area (Å²) in [5.74, 6) is -0.805. The number of primary sulfonamides is 1. The Hall–Kier alpha value is -1.18. The van der Waals surface area contributed by atoms with Crippen molar-refractivity contribution < 1.29 is 12.8 Å². The Bertz CT molecular complexity index is 634. The van der Waals surface area contributed by atoms with Crippen LogP contribution in [0, 0.1) is 12.7 Å². The normalized spacial score (nSPS) is 20.1. The van der Waals surface area contributed by atoms with Gasteiger partial charge in [-0.3, -0.25) is 4.90 Å². The number of aryl methyl sites for hydroxylation is 1. The highest BCUT2D eigenvalue weighted by atomic mass is 32.2. The molecule has 1 aliphatic heterocycles. The van der Waals surface area contributed by atoms with Crippen LogP contribution in [0.2, 0.25) is 0 Å². The maximum absolute atomic E-state index is 14.0. The predicted octanol–water partition coefficient (Wildman–Crippen LogP) is 2.07. The maximum Gasteiger partial charge on any atom is 0.243 e. The molecular weight excluding hydrogens is 305 g/mol. The van der Waals surface area contributed by atoms with Gasteiger partial charge in [0.1, 0.15) is 10.7 Å². The third-order valence-electron chi connectivity index (χ3n) is 4.16. The summed E-state index contributed by atoms with van der Waals surface area (Å²) in [6.07, 6.45) is 3.40. The first-order chi connectivity index (χ1) is 10.3. The quantitative estimate of drug-likeness (QED) is 0.867. The van der Waals surface area contributed by atoms with E-state index in [0.717, 1.165) is 25.9 Å². The van der Waals surface area contributed by atoms with Crippen molar-refractivity contribution in [3.05, 3.63) is 23.5 Å². The number of hydrogen-bond donors (Lipinski definition) is 2. The summed E-state index contributed by atoms with van der Waals surface area (Å²) >= 11 is 0. The minimum absolute atomic E-state index is 0.252. The molecule has 22 heavy (non-hydrogen) atoms. The van der Waals surface area contributed by atoms with Crippen molar-refractivity contribution in [3.63, 3.8) is 0 Å². The number of sulfonamides is 1. The van der Waals surface area contributed by atoms with E-state index in [-0.39, 0.29) is 5.69 Å². The summed E-state index contributed by atoms with van der Waals surface area (Å²) in [6, 6.07) is 3.14. The van der Waals surface area contributed by atoms with Gasteiger partial charge in [0.15, 0.2) is 0 Å². The molecule has 1 fully saturated rings. The first kappa shape index (κ1) is 17.2. The van der Waals surface area contributed by atoms with Crippen LogP contribution in [0.5, 0.6) is 0 Å². The largest absolute Gasteiger partial charge is 0.382 e. The van der Waals surface area contributed by atoms with Crippen LogP contribution >= 0.6 is 0 Å². The van der Waals surface area contributed by atoms with Crippen molar-refractivity contribution in [1.29, 1.82) is 0 Å². The number of rotatable bonds is 5. The first-order valence-electron chi connectivity index (χ1n) is 7.63. The van der Waals surface area contributed by atoms with Crippen LogP contribution in [0.25, 0.3) is 0 Å². The van der Waals surface area contributed by atoms with Crippen molar-refractivity contribution in [1.82, 2.24) is 4.90 Å². The van der Waals surface area contributed by atoms with Crippen LogP contribution in [0.15, 0.2) is 17.0 Å². The fourth-order valence-corrected chi connectivity index (χ4v) is 3.85. The van der Waals surface area contributed by atoms with Crippen LogP contribution in [0.4, 0.5) is 10.1 Å². The minimum Gasteiger partial charge on any atom is -0.382 e. The predicted molar refractivity (Wildman–Crippen MR) is 85.9 cm³/mol. The van der Waals surface area contributed by atoms with Gasteiger partial charge in [0.05, 0.1) is 5.69 Å². The lowest BCUT2D eigenvalue weighted by atomic mass is 10.0. The lowest BCUT2D eigenvalue weighted by Crippen LogP contribution is -2.43. The molecule has 1 heterocycles. The molecule has 1 aromatic rings. The Labute approximate surface area is 131 Å². The number of nitrogens with two attached hydrogens (primary N) is 1. The second-order valence-electron chi connectivity index (χ2n) is 5.83. The fourth-order valence-electron chi connectivity index (χ4n) is 3.08. The van der Waals surface area contributed by atoms with Crippen LogP contribution in [-0.2, 0) is 10.0 Å². The molecule has 0 aromatic heterocycles. The summed E-state index contributed by atoms with van der Waals surface area (Å²) in [4.78, 5) is 1.91. The highest BCUT2D eigenvalue weighted by Gasteiger charge is 2.24. The third-order valence-corrected chi connectivity index (χ3v) is 5.14. The van der Waals surface area contributed by atoms with Gasteiger partial charge in [0.25, 0.3) is 0 Å². The maximum atomic E-state index is 14.0. The Balaban J connectivity index is 2.22. The van der Waals surface area contributed by atoms with Crippen molar-refractivity contribution in [2.75, 3.05) is 25.0 Å². The zero-order chi connectivity index (χ0) is 16.3. The molecule has 0 aliphatic carbocycles. The lowest BCUT2D eigenvalue weighted by Gasteiger charge is -2.35. The fraction of sp³-hybridized carbons (Fsp3) is 0.600. The SMILES string of the molecule is CCN1CCCC[C@@H]1CNc1cc(C)cc(F)c1S(N)(=O)=O. The molecule has 1 aromatic carbocycles. The number of nitrogens with zero attached hydrogens (tertiary/aromatic N) is 1. The number of likely N-dealkylation sites (N-methyl/N-ethyl adjacent to an activating group) is 1. The molecule has 3 N–H and O–H groups in total. The highest BCUT2D eigenvalue weighted by molar-refractivity contribution is 7.89. The molecule has 5 nitrogen and oxygen atoms in total. The molecule has 0 radical (unpaired) electrons. The van der Waals surface area contributed by atoms with E-state index in [9.17, 15) is 12.8 Å². The van der Waals surface area contributed by atoms with E-state index in [1.54, 1.807) is 13.0 Å². The molecule has 1 atom stereocenters. The zero-order valence-electron chi connectivity index (χ0n) is 13.1. The van der Waals surface area contributed by atoms with Gasteiger partial charge in [-0.15, -0.1) is 0 Å². The van der Waals surface area contributed by atoms with Crippen molar-refractivity contribution >= 4 is 15.7 Å². The number of likely N-dealkylation sites (tertiary alicyclic amines) is 1. The average Bonchev–Trinajstić information content (AvgIpc) is 2.43. The standard InChI is InChI=1S/C15H24FN3O2S/c1-3-19-7-5-4-6-12(19)10-18-14-9-11(2)8-13(16)15(14)22(17,20)21/h8-9,12,18H,3-7,10H2,1-2H3,(H2,17,20,21)/t12-/m1/s1. The molecule has 2 rings (SSSR count). The number of anilines is 1. The van der Waals surface area contributed by atoms with E-state index < -0.39 is 20.7 Å². The Morgan fingerprint density at radius 1 is 1.41 bits per heavy atom. The van der Waals surface area contributed by atoms with Crippen LogP contribution in [0.3, 0.4) is 0 Å². The smallest absolute Gasteiger partial charge is 0.243 e. The number of benzene rings is 1. The molecule has 124 valence electrons. The van der Waals surface area contributed by atoms with Gasteiger partial charge >= 0.3 is 0 Å². The van der Waals surface area contributed by atoms with E-state index in [2.05, 4.69) is 17.1 Å². The molecule has 0 spiro atoms. The van der Waals surface area contributed by atoms with E-state index in [4.69, 9.17) is 5.14 Å². The third kappa shape index (κ3) is 3.97. The Morgan fingerprint density at radius 2 is 2.14 bits per heavy atom.